The minimum absolute atomic E-state index is 0.00544. The van der Waals surface area contributed by atoms with Gasteiger partial charge in [0.1, 0.15) is 6.04 Å². The number of aromatic amines is 1. The summed E-state index contributed by atoms with van der Waals surface area (Å²) in [5, 5.41) is 10.8. The van der Waals surface area contributed by atoms with Crippen molar-refractivity contribution in [1.29, 1.82) is 0 Å². The van der Waals surface area contributed by atoms with Crippen LogP contribution in [0.4, 0.5) is 0 Å². The molecule has 0 saturated heterocycles. The van der Waals surface area contributed by atoms with Gasteiger partial charge in [-0.3, -0.25) is 14.5 Å². The fourth-order valence-electron chi connectivity index (χ4n) is 4.08. The molecule has 3 aromatic carbocycles. The number of H-pyrrole nitrogens is 1. The van der Waals surface area contributed by atoms with E-state index in [4.69, 9.17) is 0 Å². The summed E-state index contributed by atoms with van der Waals surface area (Å²) in [5.41, 5.74) is 3.35. The van der Waals surface area contributed by atoms with Crippen LogP contribution in [0, 0.1) is 11.8 Å². The van der Waals surface area contributed by atoms with Crippen LogP contribution in [0.25, 0.3) is 10.9 Å². The van der Waals surface area contributed by atoms with Crippen LogP contribution in [-0.4, -0.2) is 38.8 Å². The first kappa shape index (κ1) is 20.3. The van der Waals surface area contributed by atoms with Crippen LogP contribution in [0.2, 0.25) is 0 Å². The fraction of sp³-hybridized carbons (Fsp3) is 0.0741. The van der Waals surface area contributed by atoms with Crippen molar-refractivity contribution in [3.63, 3.8) is 0 Å². The van der Waals surface area contributed by atoms with Gasteiger partial charge in [-0.05, 0) is 42.0 Å². The highest BCUT2D eigenvalue weighted by Gasteiger charge is 2.43. The summed E-state index contributed by atoms with van der Waals surface area (Å²) in [4.78, 5) is 42.3. The number of rotatable bonds is 4. The molecule has 1 atom stereocenters. The molecule has 0 bridgehead atoms. The number of amides is 2. The lowest BCUT2D eigenvalue weighted by atomic mass is 10.0. The van der Waals surface area contributed by atoms with Crippen LogP contribution in [0.5, 0.6) is 0 Å². The van der Waals surface area contributed by atoms with Gasteiger partial charge in [0.05, 0.1) is 11.1 Å². The molecule has 1 aromatic heterocycles. The van der Waals surface area contributed by atoms with Gasteiger partial charge in [-0.1, -0.05) is 48.2 Å². The lowest BCUT2D eigenvalue weighted by Crippen LogP contribution is -2.46. The van der Waals surface area contributed by atoms with Crippen LogP contribution >= 0.6 is 0 Å². The van der Waals surface area contributed by atoms with E-state index in [0.29, 0.717) is 5.56 Å². The molecule has 1 aliphatic rings. The Kier molecular flexibility index (Phi) is 5.00. The average Bonchev–Trinajstić information content (AvgIpc) is 3.35. The molecule has 0 radical (unpaired) electrons. The molecule has 6 heteroatoms. The van der Waals surface area contributed by atoms with Crippen LogP contribution in [0.1, 0.15) is 37.4 Å². The molecule has 5 rings (SSSR count). The first-order valence-electron chi connectivity index (χ1n) is 10.4. The summed E-state index contributed by atoms with van der Waals surface area (Å²) >= 11 is 0. The van der Waals surface area contributed by atoms with Crippen LogP contribution in [0.15, 0.2) is 79.0 Å². The highest BCUT2D eigenvalue weighted by molar-refractivity contribution is 6.22. The van der Waals surface area contributed by atoms with E-state index >= 15 is 0 Å². The van der Waals surface area contributed by atoms with Gasteiger partial charge in [0.15, 0.2) is 0 Å². The van der Waals surface area contributed by atoms with Crippen molar-refractivity contribution in [2.75, 3.05) is 0 Å². The molecule has 2 heterocycles. The van der Waals surface area contributed by atoms with Crippen LogP contribution in [0.3, 0.4) is 0 Å². The van der Waals surface area contributed by atoms with Gasteiger partial charge in [0.25, 0.3) is 11.8 Å². The Bertz CT molecular complexity index is 1470. The van der Waals surface area contributed by atoms with Crippen molar-refractivity contribution in [3.05, 3.63) is 107 Å². The molecule has 0 saturated carbocycles. The zero-order valence-corrected chi connectivity index (χ0v) is 17.4. The number of aromatic nitrogens is 1. The Balaban J connectivity index is 1.46. The number of carbonyl (C=O) groups is 3. The maximum Gasteiger partial charge on any atom is 0.327 e. The third kappa shape index (κ3) is 3.66. The minimum atomic E-state index is -1.32. The van der Waals surface area contributed by atoms with Crippen molar-refractivity contribution >= 4 is 28.7 Å². The van der Waals surface area contributed by atoms with Crippen LogP contribution < -0.4 is 0 Å². The van der Waals surface area contributed by atoms with E-state index < -0.39 is 23.8 Å². The quantitative estimate of drug-likeness (QED) is 0.377. The minimum Gasteiger partial charge on any atom is -0.480 e. The number of benzene rings is 3. The van der Waals surface area contributed by atoms with Gasteiger partial charge in [0, 0.05) is 34.6 Å². The third-order valence-electron chi connectivity index (χ3n) is 5.73. The molecule has 0 fully saturated rings. The van der Waals surface area contributed by atoms with E-state index in [1.807, 2.05) is 54.6 Å². The summed E-state index contributed by atoms with van der Waals surface area (Å²) in [6.07, 6.45) is 1.72. The summed E-state index contributed by atoms with van der Waals surface area (Å²) in [6.45, 7) is 0. The molecular weight excluding hydrogens is 416 g/mol. The Morgan fingerprint density at radius 3 is 2.36 bits per heavy atom. The number of nitrogens with zero attached hydrogens (tertiary/aromatic N) is 1. The maximum atomic E-state index is 13.2. The van der Waals surface area contributed by atoms with Crippen molar-refractivity contribution in [2.45, 2.75) is 12.5 Å². The molecule has 0 unspecified atom stereocenters. The smallest absolute Gasteiger partial charge is 0.327 e. The maximum absolute atomic E-state index is 13.2. The second-order valence-corrected chi connectivity index (χ2v) is 7.77. The van der Waals surface area contributed by atoms with Crippen molar-refractivity contribution < 1.29 is 19.5 Å². The molecular formula is C27H18N2O4. The second-order valence-electron chi connectivity index (χ2n) is 7.77. The standard InChI is InChI=1S/C27H18N2O4/c30-25-21-13-12-18(11-10-17-6-2-1-3-7-17)14-22(21)26(31)29(25)24(27(32)33)15-19-16-28-23-9-5-4-8-20(19)23/h1-9,12-14,16,24,28H,15H2,(H,32,33)/t24-/m0/s1. The second kappa shape index (κ2) is 8.13. The first-order valence-corrected chi connectivity index (χ1v) is 10.4. The molecule has 4 aromatic rings. The molecule has 160 valence electrons. The van der Waals surface area contributed by atoms with Gasteiger partial charge >= 0.3 is 5.97 Å². The van der Waals surface area contributed by atoms with Gasteiger partial charge in [-0.2, -0.15) is 0 Å². The Morgan fingerprint density at radius 1 is 0.879 bits per heavy atom. The Labute approximate surface area is 189 Å². The van der Waals surface area contributed by atoms with Gasteiger partial charge in [-0.25, -0.2) is 4.79 Å². The zero-order chi connectivity index (χ0) is 22.9. The van der Waals surface area contributed by atoms with Crippen molar-refractivity contribution in [3.8, 4) is 11.8 Å². The number of fused-ring (bicyclic) bond motifs is 2. The Hall–Kier alpha value is -4.63. The number of hydrogen-bond acceptors (Lipinski definition) is 3. The number of carbonyl (C=O) groups excluding carboxylic acids is 2. The first-order chi connectivity index (χ1) is 16.0. The topological polar surface area (TPSA) is 90.5 Å². The highest BCUT2D eigenvalue weighted by Crippen LogP contribution is 2.28. The lowest BCUT2D eigenvalue weighted by molar-refractivity contribution is -0.141. The number of carboxylic acid groups (broad SMARTS) is 1. The zero-order valence-electron chi connectivity index (χ0n) is 17.4. The van der Waals surface area contributed by atoms with Crippen molar-refractivity contribution in [1.82, 2.24) is 9.88 Å². The molecule has 6 nitrogen and oxygen atoms in total. The molecule has 1 aliphatic heterocycles. The number of carboxylic acids is 1. The monoisotopic (exact) mass is 434 g/mol. The van der Waals surface area contributed by atoms with E-state index in [1.54, 1.807) is 18.3 Å². The average molecular weight is 434 g/mol. The summed E-state index contributed by atoms with van der Waals surface area (Å²) in [5.74, 6) is 3.55. The molecule has 33 heavy (non-hydrogen) atoms. The summed E-state index contributed by atoms with van der Waals surface area (Å²) in [6, 6.07) is 20.3. The van der Waals surface area contributed by atoms with Gasteiger partial charge in [-0.15, -0.1) is 0 Å². The molecule has 2 N–H and O–H groups in total. The van der Waals surface area contributed by atoms with E-state index in [-0.39, 0.29) is 17.5 Å². The molecule has 2 amide bonds. The molecule has 0 spiro atoms. The lowest BCUT2D eigenvalue weighted by Gasteiger charge is -2.22. The number of hydrogen-bond donors (Lipinski definition) is 2. The van der Waals surface area contributed by atoms with E-state index in [2.05, 4.69) is 16.8 Å². The Morgan fingerprint density at radius 2 is 1.58 bits per heavy atom. The normalized spacial score (nSPS) is 13.5. The highest BCUT2D eigenvalue weighted by atomic mass is 16.4. The SMILES string of the molecule is O=C(O)[C@H](Cc1c[nH]c2ccccc12)N1C(=O)c2ccc(C#Cc3ccccc3)cc2C1=O. The van der Waals surface area contributed by atoms with Gasteiger partial charge < -0.3 is 10.1 Å². The largest absolute Gasteiger partial charge is 0.480 e. The van der Waals surface area contributed by atoms with E-state index in [9.17, 15) is 19.5 Å². The number of aliphatic carboxylic acids is 1. The predicted octanol–water partition coefficient (Wildman–Crippen LogP) is 3.86. The summed E-state index contributed by atoms with van der Waals surface area (Å²) < 4.78 is 0. The summed E-state index contributed by atoms with van der Waals surface area (Å²) in [7, 11) is 0. The number of para-hydroxylation sites is 1. The number of imide groups is 1. The van der Waals surface area contributed by atoms with E-state index in [1.165, 1.54) is 6.07 Å². The third-order valence-corrected chi connectivity index (χ3v) is 5.73. The fourth-order valence-corrected chi connectivity index (χ4v) is 4.08. The number of nitrogens with one attached hydrogen (secondary N) is 1. The van der Waals surface area contributed by atoms with E-state index in [0.717, 1.165) is 26.9 Å². The van der Waals surface area contributed by atoms with Crippen molar-refractivity contribution in [2.24, 2.45) is 0 Å². The predicted molar refractivity (Wildman–Crippen MR) is 123 cm³/mol. The van der Waals surface area contributed by atoms with Gasteiger partial charge in [0.2, 0.25) is 0 Å². The molecule has 0 aliphatic carbocycles. The van der Waals surface area contributed by atoms with Crippen LogP contribution in [-0.2, 0) is 11.2 Å².